The maximum absolute atomic E-state index is 11.7. The van der Waals surface area contributed by atoms with Crippen molar-refractivity contribution in [3.63, 3.8) is 0 Å². The molecular weight excluding hydrogens is 210 g/mol. The molecule has 1 fully saturated rings. The van der Waals surface area contributed by atoms with E-state index in [1.165, 1.54) is 0 Å². The minimum atomic E-state index is -0.0692. The van der Waals surface area contributed by atoms with Gasteiger partial charge in [0.1, 0.15) is 0 Å². The van der Waals surface area contributed by atoms with Crippen LogP contribution in [0.3, 0.4) is 0 Å². The minimum absolute atomic E-state index is 0.00241. The van der Waals surface area contributed by atoms with E-state index < -0.39 is 0 Å². The van der Waals surface area contributed by atoms with Crippen molar-refractivity contribution in [3.05, 3.63) is 0 Å². The van der Waals surface area contributed by atoms with Crippen molar-refractivity contribution in [2.24, 2.45) is 5.73 Å². The van der Waals surface area contributed by atoms with Crippen LogP contribution >= 0.6 is 12.2 Å². The van der Waals surface area contributed by atoms with E-state index in [-0.39, 0.29) is 18.0 Å². The summed E-state index contributed by atoms with van der Waals surface area (Å²) in [5, 5.41) is 2.69. The zero-order valence-corrected chi connectivity index (χ0v) is 10.1. The van der Waals surface area contributed by atoms with Crippen molar-refractivity contribution in [1.82, 2.24) is 10.2 Å². The smallest absolute Gasteiger partial charge is 0.237 e. The summed E-state index contributed by atoms with van der Waals surface area (Å²) in [6.07, 6.45) is 3.10. The molecule has 0 spiro atoms. The largest absolute Gasteiger partial charge is 0.392 e. The van der Waals surface area contributed by atoms with E-state index >= 15 is 0 Å². The first-order valence-corrected chi connectivity index (χ1v) is 5.75. The third-order valence-corrected chi connectivity index (χ3v) is 3.34. The number of hydrogen-bond donors (Lipinski definition) is 2. The predicted octanol–water partition coefficient (Wildman–Crippen LogP) is 0.261. The van der Waals surface area contributed by atoms with Gasteiger partial charge in [0.25, 0.3) is 0 Å². The lowest BCUT2D eigenvalue weighted by atomic mass is 9.99. The Balaban J connectivity index is 2.73. The second-order valence-corrected chi connectivity index (χ2v) is 4.41. The van der Waals surface area contributed by atoms with Crippen molar-refractivity contribution < 1.29 is 4.79 Å². The van der Waals surface area contributed by atoms with Gasteiger partial charge in [-0.25, -0.2) is 0 Å². The Hall–Kier alpha value is -0.680. The Kier molecular flexibility index (Phi) is 4.47. The Labute approximate surface area is 96.2 Å². The van der Waals surface area contributed by atoms with Crippen molar-refractivity contribution in [1.29, 1.82) is 0 Å². The number of carbonyl (C=O) groups is 1. The SMILES string of the molecule is CNC(=O)C1CCCCN1C(C)C(N)=S. The highest BCUT2D eigenvalue weighted by molar-refractivity contribution is 7.80. The topological polar surface area (TPSA) is 58.4 Å². The molecule has 3 N–H and O–H groups in total. The van der Waals surface area contributed by atoms with Crippen LogP contribution in [0.15, 0.2) is 0 Å². The number of likely N-dealkylation sites (N-methyl/N-ethyl adjacent to an activating group) is 1. The summed E-state index contributed by atoms with van der Waals surface area (Å²) in [5.74, 6) is 0.0674. The highest BCUT2D eigenvalue weighted by Gasteiger charge is 2.31. The first-order valence-electron chi connectivity index (χ1n) is 5.34. The molecule has 1 aliphatic rings. The second-order valence-electron chi connectivity index (χ2n) is 3.94. The summed E-state index contributed by atoms with van der Waals surface area (Å²) in [6.45, 7) is 2.86. The zero-order chi connectivity index (χ0) is 11.4. The molecule has 1 aliphatic heterocycles. The fourth-order valence-electron chi connectivity index (χ4n) is 2.03. The number of nitrogens with zero attached hydrogens (tertiary/aromatic N) is 1. The molecule has 15 heavy (non-hydrogen) atoms. The lowest BCUT2D eigenvalue weighted by Gasteiger charge is -2.38. The molecule has 1 rings (SSSR count). The van der Waals surface area contributed by atoms with Gasteiger partial charge in [-0.3, -0.25) is 9.69 Å². The van der Waals surface area contributed by atoms with Crippen LogP contribution in [0.1, 0.15) is 26.2 Å². The van der Waals surface area contributed by atoms with Gasteiger partial charge in [0.15, 0.2) is 0 Å². The summed E-state index contributed by atoms with van der Waals surface area (Å²) in [6, 6.07) is -0.0668. The molecule has 1 amide bonds. The van der Waals surface area contributed by atoms with Gasteiger partial charge in [0, 0.05) is 7.05 Å². The molecule has 4 nitrogen and oxygen atoms in total. The molecule has 0 bridgehead atoms. The third kappa shape index (κ3) is 2.89. The van der Waals surface area contributed by atoms with Crippen LogP contribution in [0.25, 0.3) is 0 Å². The third-order valence-electron chi connectivity index (χ3n) is 3.00. The van der Waals surface area contributed by atoms with Crippen LogP contribution in [0.5, 0.6) is 0 Å². The average Bonchev–Trinajstić information content (AvgIpc) is 2.27. The van der Waals surface area contributed by atoms with E-state index in [9.17, 15) is 4.79 Å². The number of thiocarbonyl (C=S) groups is 1. The van der Waals surface area contributed by atoms with Crippen LogP contribution in [0, 0.1) is 0 Å². The fourth-order valence-corrected chi connectivity index (χ4v) is 2.16. The molecule has 5 heteroatoms. The Morgan fingerprint density at radius 1 is 1.60 bits per heavy atom. The highest BCUT2D eigenvalue weighted by Crippen LogP contribution is 2.19. The molecule has 0 saturated carbocycles. The van der Waals surface area contributed by atoms with Gasteiger partial charge < -0.3 is 11.1 Å². The first kappa shape index (κ1) is 12.4. The molecule has 0 aliphatic carbocycles. The molecule has 0 radical (unpaired) electrons. The average molecular weight is 229 g/mol. The number of hydrogen-bond acceptors (Lipinski definition) is 3. The van der Waals surface area contributed by atoms with Crippen molar-refractivity contribution >= 4 is 23.1 Å². The van der Waals surface area contributed by atoms with Gasteiger partial charge >= 0.3 is 0 Å². The van der Waals surface area contributed by atoms with E-state index in [4.69, 9.17) is 18.0 Å². The number of amides is 1. The summed E-state index contributed by atoms with van der Waals surface area (Å²) in [4.78, 5) is 14.2. The van der Waals surface area contributed by atoms with E-state index in [1.54, 1.807) is 7.05 Å². The molecule has 0 aromatic heterocycles. The van der Waals surface area contributed by atoms with Gasteiger partial charge in [0.2, 0.25) is 5.91 Å². The summed E-state index contributed by atoms with van der Waals surface area (Å²) < 4.78 is 0. The molecule has 1 heterocycles. The normalized spacial score (nSPS) is 24.5. The summed E-state index contributed by atoms with van der Waals surface area (Å²) in [5.41, 5.74) is 5.63. The zero-order valence-electron chi connectivity index (χ0n) is 9.32. The van der Waals surface area contributed by atoms with Crippen LogP contribution in [-0.2, 0) is 4.79 Å². The Morgan fingerprint density at radius 2 is 2.27 bits per heavy atom. The predicted molar refractivity (Wildman–Crippen MR) is 64.7 cm³/mol. The number of piperidine rings is 1. The summed E-state index contributed by atoms with van der Waals surface area (Å²) in [7, 11) is 1.67. The van der Waals surface area contributed by atoms with Crippen LogP contribution in [0.4, 0.5) is 0 Å². The number of likely N-dealkylation sites (tertiary alicyclic amines) is 1. The van der Waals surface area contributed by atoms with Gasteiger partial charge in [-0.15, -0.1) is 0 Å². The maximum atomic E-state index is 11.7. The van der Waals surface area contributed by atoms with Crippen LogP contribution in [-0.4, -0.2) is 41.5 Å². The van der Waals surface area contributed by atoms with E-state index in [0.717, 1.165) is 25.8 Å². The van der Waals surface area contributed by atoms with Crippen LogP contribution in [0.2, 0.25) is 0 Å². The van der Waals surface area contributed by atoms with Gasteiger partial charge in [-0.2, -0.15) is 0 Å². The Bertz CT molecular complexity index is 257. The fraction of sp³-hybridized carbons (Fsp3) is 0.800. The van der Waals surface area contributed by atoms with E-state index in [2.05, 4.69) is 10.2 Å². The monoisotopic (exact) mass is 229 g/mol. The molecule has 0 aromatic rings. The molecule has 1 saturated heterocycles. The molecular formula is C10H19N3OS. The number of nitrogens with one attached hydrogen (secondary N) is 1. The van der Waals surface area contributed by atoms with Crippen molar-refractivity contribution in [2.45, 2.75) is 38.3 Å². The maximum Gasteiger partial charge on any atom is 0.237 e. The Morgan fingerprint density at radius 3 is 2.80 bits per heavy atom. The van der Waals surface area contributed by atoms with Gasteiger partial charge in [0.05, 0.1) is 17.1 Å². The van der Waals surface area contributed by atoms with E-state index in [1.807, 2.05) is 6.92 Å². The van der Waals surface area contributed by atoms with Gasteiger partial charge in [-0.1, -0.05) is 18.6 Å². The number of rotatable bonds is 3. The minimum Gasteiger partial charge on any atom is -0.392 e. The molecule has 86 valence electrons. The molecule has 0 aromatic carbocycles. The first-order chi connectivity index (χ1) is 7.07. The molecule has 2 unspecified atom stereocenters. The quantitative estimate of drug-likeness (QED) is 0.682. The standard InChI is InChI=1S/C10H19N3OS/c1-7(9(11)15)13-6-4-3-5-8(13)10(14)12-2/h7-8H,3-6H2,1-2H3,(H2,11,15)(H,12,14). The number of carbonyl (C=O) groups excluding carboxylic acids is 1. The second kappa shape index (κ2) is 5.42. The lowest BCUT2D eigenvalue weighted by molar-refractivity contribution is -0.127. The van der Waals surface area contributed by atoms with E-state index in [0.29, 0.717) is 4.99 Å². The van der Waals surface area contributed by atoms with Crippen molar-refractivity contribution in [3.8, 4) is 0 Å². The van der Waals surface area contributed by atoms with Gasteiger partial charge in [-0.05, 0) is 26.3 Å². The highest BCUT2D eigenvalue weighted by atomic mass is 32.1. The van der Waals surface area contributed by atoms with Crippen molar-refractivity contribution in [2.75, 3.05) is 13.6 Å². The summed E-state index contributed by atoms with van der Waals surface area (Å²) >= 11 is 4.98. The molecule has 2 atom stereocenters. The number of nitrogens with two attached hydrogens (primary N) is 1. The van der Waals surface area contributed by atoms with Crippen LogP contribution < -0.4 is 11.1 Å². The lowest BCUT2D eigenvalue weighted by Crippen LogP contribution is -2.55.